The molecule has 1 fully saturated rings. The van der Waals surface area contributed by atoms with E-state index in [1.165, 1.54) is 29.8 Å². The Morgan fingerprint density at radius 2 is 1.87 bits per heavy atom. The van der Waals surface area contributed by atoms with Gasteiger partial charge in [0.05, 0.1) is 6.54 Å². The third kappa shape index (κ3) is 4.37. The van der Waals surface area contributed by atoms with Gasteiger partial charge in [-0.3, -0.25) is 4.79 Å². The molecule has 2 amide bonds. The van der Waals surface area contributed by atoms with E-state index in [4.69, 9.17) is 0 Å². The van der Waals surface area contributed by atoms with Gasteiger partial charge < -0.3 is 15.2 Å². The van der Waals surface area contributed by atoms with Crippen molar-refractivity contribution < 1.29 is 9.18 Å². The van der Waals surface area contributed by atoms with E-state index >= 15 is 0 Å². The summed E-state index contributed by atoms with van der Waals surface area (Å²) in [4.78, 5) is 30.5. The first-order valence-corrected chi connectivity index (χ1v) is 10.5. The molecule has 2 aromatic carbocycles. The summed E-state index contributed by atoms with van der Waals surface area (Å²) in [5.74, 6) is -0.352. The van der Waals surface area contributed by atoms with Crippen molar-refractivity contribution in [2.75, 3.05) is 5.32 Å². The second-order valence-corrected chi connectivity index (χ2v) is 7.90. The van der Waals surface area contributed by atoms with Gasteiger partial charge in [-0.05, 0) is 72.7 Å². The molecule has 3 aromatic rings. The normalized spacial score (nSPS) is 14.2. The summed E-state index contributed by atoms with van der Waals surface area (Å²) in [6.07, 6.45) is 4.89. The summed E-state index contributed by atoms with van der Waals surface area (Å²) in [6.45, 7) is 2.33. The van der Waals surface area contributed by atoms with E-state index in [0.29, 0.717) is 11.3 Å². The van der Waals surface area contributed by atoms with Crippen LogP contribution in [0, 0.1) is 5.82 Å². The van der Waals surface area contributed by atoms with E-state index < -0.39 is 0 Å². The van der Waals surface area contributed by atoms with Crippen molar-refractivity contribution in [2.24, 2.45) is 0 Å². The molecule has 0 unspecified atom stereocenters. The zero-order valence-corrected chi connectivity index (χ0v) is 17.1. The van der Waals surface area contributed by atoms with Gasteiger partial charge in [-0.25, -0.2) is 9.18 Å². The van der Waals surface area contributed by atoms with Crippen molar-refractivity contribution in [3.05, 3.63) is 75.8 Å². The summed E-state index contributed by atoms with van der Waals surface area (Å²) >= 11 is 0. The number of anilines is 1. The first-order valence-electron chi connectivity index (χ1n) is 10.5. The first-order chi connectivity index (χ1) is 14.5. The second kappa shape index (κ2) is 8.69. The lowest BCUT2D eigenvalue weighted by molar-refractivity contribution is 0.184. The van der Waals surface area contributed by atoms with Gasteiger partial charge in [-0.1, -0.05) is 25.8 Å². The Labute approximate surface area is 174 Å². The number of aromatic amines is 1. The number of urea groups is 1. The molecule has 156 valence electrons. The molecule has 6 heteroatoms. The van der Waals surface area contributed by atoms with E-state index in [1.807, 2.05) is 18.2 Å². The number of halogens is 1. The number of aryl methyl sites for hydroxylation is 1. The molecule has 0 saturated heterocycles. The van der Waals surface area contributed by atoms with Gasteiger partial charge in [0.2, 0.25) is 0 Å². The second-order valence-electron chi connectivity index (χ2n) is 7.90. The van der Waals surface area contributed by atoms with Crippen LogP contribution in [0.1, 0.15) is 43.7 Å². The summed E-state index contributed by atoms with van der Waals surface area (Å²) < 4.78 is 13.2. The largest absolute Gasteiger partial charge is 0.322 e. The van der Waals surface area contributed by atoms with Crippen LogP contribution >= 0.6 is 0 Å². The van der Waals surface area contributed by atoms with Crippen LogP contribution in [-0.4, -0.2) is 22.0 Å². The van der Waals surface area contributed by atoms with Crippen LogP contribution in [0.25, 0.3) is 10.9 Å². The number of rotatable bonds is 5. The molecule has 0 spiro atoms. The summed E-state index contributed by atoms with van der Waals surface area (Å²) in [6, 6.07) is 13.4. The highest BCUT2D eigenvalue weighted by Crippen LogP contribution is 2.26. The monoisotopic (exact) mass is 407 g/mol. The fourth-order valence-electron chi connectivity index (χ4n) is 4.13. The number of H-pyrrole nitrogens is 1. The van der Waals surface area contributed by atoms with Gasteiger partial charge >= 0.3 is 6.03 Å². The summed E-state index contributed by atoms with van der Waals surface area (Å²) in [5, 5.41) is 3.82. The molecule has 1 heterocycles. The smallest absolute Gasteiger partial charge is 0.322 e. The number of nitrogens with zero attached hydrogens (tertiary/aromatic N) is 1. The predicted molar refractivity (Wildman–Crippen MR) is 117 cm³/mol. The predicted octanol–water partition coefficient (Wildman–Crippen LogP) is 5.21. The number of hydrogen-bond donors (Lipinski definition) is 2. The van der Waals surface area contributed by atoms with Crippen LogP contribution in [0.3, 0.4) is 0 Å². The van der Waals surface area contributed by atoms with Gasteiger partial charge in [-0.2, -0.15) is 0 Å². The van der Waals surface area contributed by atoms with Gasteiger partial charge in [0.15, 0.2) is 0 Å². The number of hydrogen-bond acceptors (Lipinski definition) is 2. The SMILES string of the molecule is CCc1ccc2[nH]c(=O)c(CN(C(=O)Nc3ccc(F)cc3)C3CCCC3)cc2c1. The molecule has 2 N–H and O–H groups in total. The van der Waals surface area contributed by atoms with Gasteiger partial charge in [-0.15, -0.1) is 0 Å². The summed E-state index contributed by atoms with van der Waals surface area (Å²) in [5.41, 5.74) is 2.91. The maximum Gasteiger partial charge on any atom is 0.322 e. The van der Waals surface area contributed by atoms with Crippen LogP contribution < -0.4 is 10.9 Å². The highest BCUT2D eigenvalue weighted by Gasteiger charge is 2.27. The van der Waals surface area contributed by atoms with Crippen LogP contribution in [0.15, 0.2) is 53.3 Å². The fourth-order valence-corrected chi connectivity index (χ4v) is 4.13. The maximum atomic E-state index is 13.2. The molecule has 1 aliphatic rings. The molecular formula is C24H26FN3O2. The van der Waals surface area contributed by atoms with E-state index in [2.05, 4.69) is 23.3 Å². The Morgan fingerprint density at radius 3 is 2.57 bits per heavy atom. The molecule has 0 atom stereocenters. The lowest BCUT2D eigenvalue weighted by Gasteiger charge is -2.29. The number of fused-ring (bicyclic) bond motifs is 1. The molecule has 30 heavy (non-hydrogen) atoms. The highest BCUT2D eigenvalue weighted by molar-refractivity contribution is 5.89. The van der Waals surface area contributed by atoms with E-state index in [-0.39, 0.29) is 30.0 Å². The van der Waals surface area contributed by atoms with Gasteiger partial charge in [0, 0.05) is 22.8 Å². The number of pyridine rings is 1. The van der Waals surface area contributed by atoms with E-state index in [0.717, 1.165) is 43.0 Å². The van der Waals surface area contributed by atoms with E-state index in [9.17, 15) is 14.0 Å². The fraction of sp³-hybridized carbons (Fsp3) is 0.333. The minimum absolute atomic E-state index is 0.0857. The standard InChI is InChI=1S/C24H26FN3O2/c1-2-16-7-12-22-17(13-16)14-18(23(29)27-22)15-28(21-5-3-4-6-21)24(30)26-20-10-8-19(25)9-11-20/h7-14,21H,2-6,15H2,1H3,(H,26,30)(H,27,29). The number of nitrogens with one attached hydrogen (secondary N) is 2. The van der Waals surface area contributed by atoms with E-state index in [1.54, 1.807) is 4.90 Å². The lowest BCUT2D eigenvalue weighted by atomic mass is 10.1. The van der Waals surface area contributed by atoms with Gasteiger partial charge in [0.1, 0.15) is 5.82 Å². The van der Waals surface area contributed by atoms with Crippen molar-refractivity contribution in [1.29, 1.82) is 0 Å². The molecule has 5 nitrogen and oxygen atoms in total. The number of aromatic nitrogens is 1. The first kappa shape index (κ1) is 20.1. The minimum atomic E-state index is -0.352. The molecule has 4 rings (SSSR count). The number of amides is 2. The Balaban J connectivity index is 1.63. The van der Waals surface area contributed by atoms with Crippen LogP contribution in [0.4, 0.5) is 14.9 Å². The third-order valence-corrected chi connectivity index (χ3v) is 5.86. The van der Waals surface area contributed by atoms with Crippen molar-refractivity contribution in [2.45, 2.75) is 51.6 Å². The minimum Gasteiger partial charge on any atom is -0.322 e. The Hall–Kier alpha value is -3.15. The molecule has 0 bridgehead atoms. The Bertz CT molecular complexity index is 1100. The quantitative estimate of drug-likeness (QED) is 0.610. The number of carbonyl (C=O) groups is 1. The molecule has 0 aliphatic heterocycles. The molecular weight excluding hydrogens is 381 g/mol. The Kier molecular flexibility index (Phi) is 5.84. The van der Waals surface area contributed by atoms with Crippen molar-refractivity contribution >= 4 is 22.6 Å². The molecule has 1 aliphatic carbocycles. The number of benzene rings is 2. The third-order valence-electron chi connectivity index (χ3n) is 5.86. The molecule has 1 aromatic heterocycles. The zero-order valence-electron chi connectivity index (χ0n) is 17.1. The lowest BCUT2D eigenvalue weighted by Crippen LogP contribution is -2.42. The van der Waals surface area contributed by atoms with Crippen molar-refractivity contribution in [3.8, 4) is 0 Å². The topological polar surface area (TPSA) is 65.2 Å². The average Bonchev–Trinajstić information content (AvgIpc) is 3.28. The highest BCUT2D eigenvalue weighted by atomic mass is 19.1. The molecule has 0 radical (unpaired) electrons. The van der Waals surface area contributed by atoms with Crippen molar-refractivity contribution in [3.63, 3.8) is 0 Å². The van der Waals surface area contributed by atoms with Crippen LogP contribution in [-0.2, 0) is 13.0 Å². The summed E-state index contributed by atoms with van der Waals surface area (Å²) in [7, 11) is 0. The van der Waals surface area contributed by atoms with Crippen LogP contribution in [0.5, 0.6) is 0 Å². The Morgan fingerprint density at radius 1 is 1.13 bits per heavy atom. The maximum absolute atomic E-state index is 13.2. The zero-order chi connectivity index (χ0) is 21.1. The van der Waals surface area contributed by atoms with Gasteiger partial charge in [0.25, 0.3) is 5.56 Å². The van der Waals surface area contributed by atoms with Crippen LogP contribution in [0.2, 0.25) is 0 Å². The van der Waals surface area contributed by atoms with Crippen molar-refractivity contribution in [1.82, 2.24) is 9.88 Å². The molecule has 1 saturated carbocycles. The number of carbonyl (C=O) groups excluding carboxylic acids is 1. The average molecular weight is 407 g/mol.